The number of nitrogens with one attached hydrogen (secondary N) is 2. The quantitative estimate of drug-likeness (QED) is 0.741. The third-order valence-electron chi connectivity index (χ3n) is 6.05. The van der Waals surface area contributed by atoms with Gasteiger partial charge in [-0.15, -0.1) is 0 Å². The molecule has 7 nitrogen and oxygen atoms in total. The van der Waals surface area contributed by atoms with E-state index in [1.54, 1.807) is 11.9 Å². The zero-order valence-corrected chi connectivity index (χ0v) is 14.6. The Morgan fingerprint density at radius 3 is 2.58 bits per heavy atom. The van der Waals surface area contributed by atoms with Crippen LogP contribution in [0.5, 0.6) is 0 Å². The van der Waals surface area contributed by atoms with Gasteiger partial charge in [0.25, 0.3) is 5.91 Å². The standard InChI is InChI=1S/C17H28N4O3/c1-3-12-4-7-17(8-5-12)15(23)21(16(24)19-17)11-14(22)20(2)13-6-9-18-10-13/h12-13,18H,3-11H2,1-2H3,(H,19,24). The Labute approximate surface area is 143 Å². The van der Waals surface area contributed by atoms with Crippen LogP contribution in [-0.2, 0) is 9.59 Å². The molecule has 0 bridgehead atoms. The van der Waals surface area contributed by atoms with E-state index in [1.807, 2.05) is 0 Å². The van der Waals surface area contributed by atoms with Crippen LogP contribution < -0.4 is 10.6 Å². The second-order valence-corrected chi connectivity index (χ2v) is 7.41. The molecule has 24 heavy (non-hydrogen) atoms. The molecule has 2 heterocycles. The number of carbonyl (C=O) groups excluding carboxylic acids is 3. The number of nitrogens with zero attached hydrogens (tertiary/aromatic N) is 2. The molecular weight excluding hydrogens is 308 g/mol. The van der Waals surface area contributed by atoms with Crippen molar-refractivity contribution in [1.29, 1.82) is 0 Å². The summed E-state index contributed by atoms with van der Waals surface area (Å²) in [6.45, 7) is 3.67. The molecule has 1 aliphatic carbocycles. The van der Waals surface area contributed by atoms with Crippen LogP contribution in [0.3, 0.4) is 0 Å². The molecule has 7 heteroatoms. The second-order valence-electron chi connectivity index (χ2n) is 7.41. The zero-order valence-electron chi connectivity index (χ0n) is 14.6. The number of hydrogen-bond donors (Lipinski definition) is 2. The van der Waals surface area contributed by atoms with Crippen LogP contribution in [0.25, 0.3) is 0 Å². The highest BCUT2D eigenvalue weighted by Crippen LogP contribution is 2.37. The first kappa shape index (κ1) is 17.2. The Morgan fingerprint density at radius 2 is 2.00 bits per heavy atom. The molecule has 2 aliphatic heterocycles. The minimum atomic E-state index is -0.767. The van der Waals surface area contributed by atoms with Crippen LogP contribution in [0.1, 0.15) is 45.4 Å². The molecule has 3 fully saturated rings. The first-order chi connectivity index (χ1) is 11.5. The Morgan fingerprint density at radius 1 is 1.29 bits per heavy atom. The number of carbonyl (C=O) groups is 3. The van der Waals surface area contributed by atoms with Crippen molar-refractivity contribution in [2.75, 3.05) is 26.7 Å². The minimum Gasteiger partial charge on any atom is -0.340 e. The van der Waals surface area contributed by atoms with Crippen molar-refractivity contribution >= 4 is 17.8 Å². The normalized spacial score (nSPS) is 33.2. The molecule has 2 N–H and O–H groups in total. The largest absolute Gasteiger partial charge is 0.340 e. The Bertz CT molecular complexity index is 522. The predicted molar refractivity (Wildman–Crippen MR) is 89.3 cm³/mol. The molecule has 0 aromatic rings. The number of amides is 4. The highest BCUT2D eigenvalue weighted by Gasteiger charge is 2.52. The molecule has 0 aromatic carbocycles. The van der Waals surface area contributed by atoms with Crippen LogP contribution >= 0.6 is 0 Å². The first-order valence-electron chi connectivity index (χ1n) is 9.07. The van der Waals surface area contributed by atoms with Crippen molar-refractivity contribution in [3.05, 3.63) is 0 Å². The van der Waals surface area contributed by atoms with E-state index >= 15 is 0 Å². The van der Waals surface area contributed by atoms with Gasteiger partial charge in [-0.3, -0.25) is 14.5 Å². The highest BCUT2D eigenvalue weighted by molar-refractivity contribution is 6.09. The third-order valence-corrected chi connectivity index (χ3v) is 6.05. The van der Waals surface area contributed by atoms with Gasteiger partial charge < -0.3 is 15.5 Å². The van der Waals surface area contributed by atoms with Crippen molar-refractivity contribution in [3.8, 4) is 0 Å². The van der Waals surface area contributed by atoms with Gasteiger partial charge in [-0.25, -0.2) is 4.79 Å². The van der Waals surface area contributed by atoms with Gasteiger partial charge in [-0.05, 0) is 44.6 Å². The lowest BCUT2D eigenvalue weighted by Crippen LogP contribution is -2.50. The fraction of sp³-hybridized carbons (Fsp3) is 0.824. The number of urea groups is 1. The third kappa shape index (κ3) is 3.01. The molecule has 1 unspecified atom stereocenters. The predicted octanol–water partition coefficient (Wildman–Crippen LogP) is 0.698. The fourth-order valence-electron chi connectivity index (χ4n) is 4.16. The number of likely N-dealkylation sites (N-methyl/N-ethyl adjacent to an activating group) is 1. The molecule has 1 atom stereocenters. The summed E-state index contributed by atoms with van der Waals surface area (Å²) in [6, 6.07) is -0.270. The van der Waals surface area contributed by atoms with Gasteiger partial charge in [0.05, 0.1) is 0 Å². The van der Waals surface area contributed by atoms with Crippen LogP contribution in [0.15, 0.2) is 0 Å². The van der Waals surface area contributed by atoms with Crippen LogP contribution in [0, 0.1) is 5.92 Å². The Hall–Kier alpha value is -1.63. The van der Waals surface area contributed by atoms with Crippen molar-refractivity contribution in [2.24, 2.45) is 5.92 Å². The summed E-state index contributed by atoms with van der Waals surface area (Å²) < 4.78 is 0. The van der Waals surface area contributed by atoms with E-state index in [-0.39, 0.29) is 24.4 Å². The highest BCUT2D eigenvalue weighted by atomic mass is 16.2. The van der Waals surface area contributed by atoms with Crippen LogP contribution in [-0.4, -0.2) is 65.9 Å². The number of imide groups is 1. The number of rotatable bonds is 4. The Balaban J connectivity index is 1.63. The summed E-state index contributed by atoms with van der Waals surface area (Å²) in [5, 5.41) is 6.10. The summed E-state index contributed by atoms with van der Waals surface area (Å²) >= 11 is 0. The van der Waals surface area contributed by atoms with Gasteiger partial charge >= 0.3 is 6.03 Å². The van der Waals surface area contributed by atoms with E-state index in [4.69, 9.17) is 0 Å². The maximum Gasteiger partial charge on any atom is 0.325 e. The second kappa shape index (κ2) is 6.70. The molecule has 0 radical (unpaired) electrons. The maximum atomic E-state index is 12.8. The molecule has 2 saturated heterocycles. The molecule has 3 rings (SSSR count). The fourth-order valence-corrected chi connectivity index (χ4v) is 4.16. The minimum absolute atomic E-state index is 0.146. The van der Waals surface area contributed by atoms with E-state index in [0.717, 1.165) is 43.7 Å². The summed E-state index contributed by atoms with van der Waals surface area (Å²) in [6.07, 6.45) is 5.30. The van der Waals surface area contributed by atoms with Gasteiger partial charge in [-0.2, -0.15) is 0 Å². The first-order valence-corrected chi connectivity index (χ1v) is 9.07. The van der Waals surface area contributed by atoms with E-state index in [0.29, 0.717) is 18.8 Å². The van der Waals surface area contributed by atoms with Gasteiger partial charge in [0.2, 0.25) is 5.91 Å². The SMILES string of the molecule is CCC1CCC2(CC1)NC(=O)N(CC(=O)N(C)C1CCNC1)C2=O. The lowest BCUT2D eigenvalue weighted by molar-refractivity contribution is -0.140. The summed E-state index contributed by atoms with van der Waals surface area (Å²) in [5.74, 6) is 0.247. The number of hydrogen-bond acceptors (Lipinski definition) is 4. The molecule has 1 spiro atoms. The van der Waals surface area contributed by atoms with Crippen molar-refractivity contribution in [1.82, 2.24) is 20.4 Å². The molecule has 3 aliphatic rings. The van der Waals surface area contributed by atoms with Crippen LogP contribution in [0.4, 0.5) is 4.79 Å². The Kier molecular flexibility index (Phi) is 4.80. The summed E-state index contributed by atoms with van der Waals surface area (Å²) in [4.78, 5) is 40.4. The van der Waals surface area contributed by atoms with E-state index in [1.165, 1.54) is 0 Å². The molecule has 0 aromatic heterocycles. The van der Waals surface area contributed by atoms with Gasteiger partial charge in [-0.1, -0.05) is 13.3 Å². The zero-order chi connectivity index (χ0) is 17.3. The van der Waals surface area contributed by atoms with E-state index < -0.39 is 11.6 Å². The van der Waals surface area contributed by atoms with Crippen LogP contribution in [0.2, 0.25) is 0 Å². The van der Waals surface area contributed by atoms with Gasteiger partial charge in [0.1, 0.15) is 12.1 Å². The summed E-state index contributed by atoms with van der Waals surface area (Å²) in [7, 11) is 1.75. The average molecular weight is 336 g/mol. The van der Waals surface area contributed by atoms with Gasteiger partial charge in [0.15, 0.2) is 0 Å². The monoisotopic (exact) mass is 336 g/mol. The average Bonchev–Trinajstić information content (AvgIpc) is 3.19. The molecule has 1 saturated carbocycles. The molecular formula is C17H28N4O3. The lowest BCUT2D eigenvalue weighted by Gasteiger charge is -2.34. The topological polar surface area (TPSA) is 81.8 Å². The summed E-state index contributed by atoms with van der Waals surface area (Å²) in [5.41, 5.74) is -0.767. The lowest BCUT2D eigenvalue weighted by atomic mass is 9.75. The van der Waals surface area contributed by atoms with E-state index in [9.17, 15) is 14.4 Å². The molecule has 4 amide bonds. The van der Waals surface area contributed by atoms with Gasteiger partial charge in [0, 0.05) is 19.6 Å². The van der Waals surface area contributed by atoms with Crippen molar-refractivity contribution in [2.45, 2.75) is 57.0 Å². The van der Waals surface area contributed by atoms with Crippen molar-refractivity contribution in [3.63, 3.8) is 0 Å². The van der Waals surface area contributed by atoms with Crippen molar-refractivity contribution < 1.29 is 14.4 Å². The van der Waals surface area contributed by atoms with E-state index in [2.05, 4.69) is 17.6 Å². The molecule has 134 valence electrons. The smallest absolute Gasteiger partial charge is 0.325 e. The maximum absolute atomic E-state index is 12.8.